The molecule has 2 heteroatoms. The van der Waals surface area contributed by atoms with Crippen LogP contribution in [0, 0.1) is 26.7 Å². The van der Waals surface area contributed by atoms with Crippen LogP contribution >= 0.6 is 0 Å². The van der Waals surface area contributed by atoms with Gasteiger partial charge in [-0.25, -0.2) is 0 Å². The van der Waals surface area contributed by atoms with Crippen LogP contribution in [-0.2, 0) is 0 Å². The van der Waals surface area contributed by atoms with Crippen molar-refractivity contribution in [2.24, 2.45) is 11.1 Å². The second-order valence-corrected chi connectivity index (χ2v) is 4.76. The van der Waals surface area contributed by atoms with Gasteiger partial charge in [0, 0.05) is 6.21 Å². The van der Waals surface area contributed by atoms with Gasteiger partial charge in [-0.2, -0.15) is 0 Å². The van der Waals surface area contributed by atoms with Gasteiger partial charge >= 0.3 is 0 Å². The van der Waals surface area contributed by atoms with E-state index in [-0.39, 0.29) is 0 Å². The van der Waals surface area contributed by atoms with E-state index in [2.05, 4.69) is 64.9 Å². The maximum Gasteiger partial charge on any atom is 0.0404 e. The van der Waals surface area contributed by atoms with E-state index in [4.69, 9.17) is 5.21 Å². The molecule has 0 aromatic heterocycles. The Kier molecular flexibility index (Phi) is 12.9. The first kappa shape index (κ1) is 19.0. The average molecular weight is 251 g/mol. The van der Waals surface area contributed by atoms with Crippen LogP contribution in [0.3, 0.4) is 0 Å². The number of aryl methyl sites for hydroxylation is 3. The molecule has 0 amide bonds. The lowest BCUT2D eigenvalue weighted by Gasteiger charge is -1.98. The Bertz CT molecular complexity index is 326. The normalized spacial score (nSPS) is 9.56. The van der Waals surface area contributed by atoms with E-state index in [1.54, 1.807) is 6.92 Å². The summed E-state index contributed by atoms with van der Waals surface area (Å²) < 4.78 is 0. The van der Waals surface area contributed by atoms with Crippen LogP contribution in [0.2, 0.25) is 0 Å². The summed E-state index contributed by atoms with van der Waals surface area (Å²) in [6.07, 6.45) is 2.61. The molecule has 0 fully saturated rings. The zero-order valence-electron chi connectivity index (χ0n) is 13.0. The van der Waals surface area contributed by atoms with Gasteiger partial charge in [-0.15, -0.1) is 5.16 Å². The molecule has 0 spiro atoms. The monoisotopic (exact) mass is 251 g/mol. The number of hydrogen-bond donors (Lipinski definition) is 1. The summed E-state index contributed by atoms with van der Waals surface area (Å²) >= 11 is 0. The van der Waals surface area contributed by atoms with E-state index in [1.807, 2.05) is 0 Å². The Morgan fingerprint density at radius 1 is 1.17 bits per heavy atom. The van der Waals surface area contributed by atoms with Crippen LogP contribution < -0.4 is 0 Å². The summed E-state index contributed by atoms with van der Waals surface area (Å²) in [4.78, 5) is 0. The second-order valence-electron chi connectivity index (χ2n) is 4.76. The fourth-order valence-corrected chi connectivity index (χ4v) is 0.891. The Morgan fingerprint density at radius 2 is 1.61 bits per heavy atom. The van der Waals surface area contributed by atoms with Crippen molar-refractivity contribution in [1.82, 2.24) is 0 Å². The van der Waals surface area contributed by atoms with Gasteiger partial charge in [0.15, 0.2) is 0 Å². The quantitative estimate of drug-likeness (QED) is 0.419. The van der Waals surface area contributed by atoms with Gasteiger partial charge in [0.1, 0.15) is 0 Å². The first-order valence-corrected chi connectivity index (χ1v) is 6.54. The van der Waals surface area contributed by atoms with Crippen LogP contribution in [0.1, 0.15) is 50.8 Å². The molecule has 0 saturated carbocycles. The molecule has 0 aliphatic rings. The van der Waals surface area contributed by atoms with Crippen molar-refractivity contribution >= 4 is 6.21 Å². The highest BCUT2D eigenvalue weighted by molar-refractivity contribution is 5.51. The lowest BCUT2D eigenvalue weighted by Crippen LogP contribution is -1.79. The molecule has 1 aromatic rings. The lowest BCUT2D eigenvalue weighted by molar-refractivity contribution is 0.321. The summed E-state index contributed by atoms with van der Waals surface area (Å²) in [6.45, 7) is 14.7. The third-order valence-electron chi connectivity index (χ3n) is 2.59. The smallest absolute Gasteiger partial charge is 0.0404 e. The lowest BCUT2D eigenvalue weighted by atomic mass is 10.1. The molecule has 1 N–H and O–H groups in total. The predicted molar refractivity (Wildman–Crippen MR) is 81.7 cm³/mol. The molecule has 1 aromatic carbocycles. The van der Waals surface area contributed by atoms with Crippen molar-refractivity contribution < 1.29 is 5.21 Å². The Morgan fingerprint density at radius 3 is 1.83 bits per heavy atom. The van der Waals surface area contributed by atoms with Crippen molar-refractivity contribution in [3.8, 4) is 0 Å². The molecule has 18 heavy (non-hydrogen) atoms. The molecule has 0 aliphatic carbocycles. The summed E-state index contributed by atoms with van der Waals surface area (Å²) in [6, 6.07) is 6.50. The SMILES string of the molecule is C/C=N/O.CCC(C)C.Cc1ccc(C)c(C)c1. The number of benzene rings is 1. The second kappa shape index (κ2) is 12.2. The van der Waals surface area contributed by atoms with Crippen molar-refractivity contribution in [2.45, 2.75) is 54.9 Å². The van der Waals surface area contributed by atoms with Crippen LogP contribution in [-0.4, -0.2) is 11.4 Å². The minimum absolute atomic E-state index is 0.884. The first-order chi connectivity index (χ1) is 8.38. The molecule has 0 heterocycles. The first-order valence-electron chi connectivity index (χ1n) is 6.54. The Hall–Kier alpha value is -1.31. The van der Waals surface area contributed by atoms with Gasteiger partial charge in [-0.05, 0) is 44.7 Å². The number of nitrogens with zero attached hydrogens (tertiary/aromatic N) is 1. The van der Waals surface area contributed by atoms with E-state index >= 15 is 0 Å². The fraction of sp³-hybridized carbons (Fsp3) is 0.562. The number of rotatable bonds is 1. The molecule has 1 rings (SSSR count). The average Bonchev–Trinajstić information content (AvgIpc) is 2.35. The zero-order chi connectivity index (χ0) is 14.6. The molecule has 0 aliphatic heterocycles. The molecule has 0 unspecified atom stereocenters. The molecule has 0 bridgehead atoms. The molecule has 0 radical (unpaired) electrons. The summed E-state index contributed by atoms with van der Waals surface area (Å²) in [5.74, 6) is 0.884. The molecular formula is C16H29NO. The zero-order valence-corrected chi connectivity index (χ0v) is 13.0. The van der Waals surface area contributed by atoms with Gasteiger partial charge in [-0.1, -0.05) is 51.0 Å². The highest BCUT2D eigenvalue weighted by Gasteiger charge is 1.89. The summed E-state index contributed by atoms with van der Waals surface area (Å²) in [7, 11) is 0. The summed E-state index contributed by atoms with van der Waals surface area (Å²) in [5, 5.41) is 10.1. The van der Waals surface area contributed by atoms with Crippen molar-refractivity contribution in [1.29, 1.82) is 0 Å². The molecule has 104 valence electrons. The largest absolute Gasteiger partial charge is 0.411 e. The van der Waals surface area contributed by atoms with Gasteiger partial charge in [0.2, 0.25) is 0 Å². The van der Waals surface area contributed by atoms with Gasteiger partial charge < -0.3 is 5.21 Å². The van der Waals surface area contributed by atoms with E-state index in [0.717, 1.165) is 5.92 Å². The Labute approximate surface area is 113 Å². The highest BCUT2D eigenvalue weighted by atomic mass is 16.4. The van der Waals surface area contributed by atoms with Crippen molar-refractivity contribution in [2.75, 3.05) is 0 Å². The van der Waals surface area contributed by atoms with Gasteiger partial charge in [0.25, 0.3) is 0 Å². The van der Waals surface area contributed by atoms with Gasteiger partial charge in [-0.3, -0.25) is 0 Å². The van der Waals surface area contributed by atoms with Crippen LogP contribution in [0.25, 0.3) is 0 Å². The number of oxime groups is 1. The van der Waals surface area contributed by atoms with E-state index in [9.17, 15) is 0 Å². The third kappa shape index (κ3) is 12.8. The number of hydrogen-bond acceptors (Lipinski definition) is 2. The van der Waals surface area contributed by atoms with Crippen molar-refractivity contribution in [3.63, 3.8) is 0 Å². The summed E-state index contributed by atoms with van der Waals surface area (Å²) in [5.41, 5.74) is 4.11. The van der Waals surface area contributed by atoms with Crippen LogP contribution in [0.15, 0.2) is 23.4 Å². The standard InChI is InChI=1S/C9H12.C5H12.C2H5NO/c1-7-4-5-8(2)9(3)6-7;1-4-5(2)3;1-2-3-4/h4-6H,1-3H3;5H,4H2,1-3H3;2,4H,1H3/b;;3-2+. The minimum atomic E-state index is 0.884. The van der Waals surface area contributed by atoms with E-state index in [1.165, 1.54) is 29.3 Å². The van der Waals surface area contributed by atoms with E-state index in [0.29, 0.717) is 0 Å². The predicted octanol–water partition coefficient (Wildman–Crippen LogP) is 5.13. The molecule has 0 saturated heterocycles. The van der Waals surface area contributed by atoms with Crippen LogP contribution in [0.4, 0.5) is 0 Å². The minimum Gasteiger partial charge on any atom is -0.411 e. The van der Waals surface area contributed by atoms with Crippen LogP contribution in [0.5, 0.6) is 0 Å². The Balaban J connectivity index is 0. The topological polar surface area (TPSA) is 32.6 Å². The fourth-order valence-electron chi connectivity index (χ4n) is 0.891. The highest BCUT2D eigenvalue weighted by Crippen LogP contribution is 2.07. The molecule has 0 atom stereocenters. The molecular weight excluding hydrogens is 222 g/mol. The van der Waals surface area contributed by atoms with Gasteiger partial charge in [0.05, 0.1) is 0 Å². The van der Waals surface area contributed by atoms with Crippen molar-refractivity contribution in [3.05, 3.63) is 34.9 Å². The van der Waals surface area contributed by atoms with E-state index < -0.39 is 0 Å². The third-order valence-corrected chi connectivity index (χ3v) is 2.59. The maximum atomic E-state index is 7.44. The maximum absolute atomic E-state index is 7.44. The molecule has 2 nitrogen and oxygen atoms in total.